The Kier molecular flexibility index (Phi) is 6.62. The molecular weight excluding hydrogens is 380 g/mol. The van der Waals surface area contributed by atoms with Crippen LogP contribution in [0.4, 0.5) is 11.4 Å². The van der Waals surface area contributed by atoms with E-state index in [9.17, 15) is 0 Å². The predicted octanol–water partition coefficient (Wildman–Crippen LogP) is 2.80. The van der Waals surface area contributed by atoms with Gasteiger partial charge in [-0.05, 0) is 43.5 Å². The first-order valence-electron chi connectivity index (χ1n) is 10.8. The van der Waals surface area contributed by atoms with Crippen LogP contribution in [0.5, 0.6) is 11.5 Å². The second kappa shape index (κ2) is 9.55. The van der Waals surface area contributed by atoms with E-state index in [-0.39, 0.29) is 6.10 Å². The minimum Gasteiger partial charge on any atom is -0.496 e. The van der Waals surface area contributed by atoms with E-state index in [4.69, 9.17) is 26.0 Å². The predicted molar refractivity (Wildman–Crippen MR) is 119 cm³/mol. The molecule has 0 aliphatic carbocycles. The molecule has 7 heteroatoms. The Morgan fingerprint density at radius 2 is 1.50 bits per heavy atom. The zero-order chi connectivity index (χ0) is 20.9. The number of benzene rings is 2. The molecule has 0 aromatic heterocycles. The molecule has 30 heavy (non-hydrogen) atoms. The summed E-state index contributed by atoms with van der Waals surface area (Å²) in [5, 5.41) is 0. The average molecular weight is 413 g/mol. The van der Waals surface area contributed by atoms with Gasteiger partial charge in [0.15, 0.2) is 5.75 Å². The summed E-state index contributed by atoms with van der Waals surface area (Å²) in [6, 6.07) is 12.1. The SMILES string of the molecule is COc1cccc(N2CCC(OOc3cccc(N4CCCC4)c3CN)C2)c1CN. The van der Waals surface area contributed by atoms with E-state index in [2.05, 4.69) is 21.9 Å². The first-order valence-corrected chi connectivity index (χ1v) is 10.8. The maximum atomic E-state index is 6.07. The lowest BCUT2D eigenvalue weighted by Crippen LogP contribution is -2.25. The normalized spacial score (nSPS) is 18.8. The topological polar surface area (TPSA) is 86.2 Å². The summed E-state index contributed by atoms with van der Waals surface area (Å²) in [5.74, 6) is 1.53. The van der Waals surface area contributed by atoms with Gasteiger partial charge in [0.05, 0.1) is 7.11 Å². The van der Waals surface area contributed by atoms with Crippen LogP contribution in [0.1, 0.15) is 30.4 Å². The van der Waals surface area contributed by atoms with Gasteiger partial charge in [-0.25, -0.2) is 0 Å². The average Bonchev–Trinajstić information content (AvgIpc) is 3.49. The molecule has 2 aromatic rings. The van der Waals surface area contributed by atoms with Gasteiger partial charge >= 0.3 is 0 Å². The molecule has 2 saturated heterocycles. The van der Waals surface area contributed by atoms with Crippen molar-refractivity contribution in [1.82, 2.24) is 0 Å². The maximum Gasteiger partial charge on any atom is 0.171 e. The standard InChI is InChI=1S/C23H32N4O3/c1-28-22-8-4-7-21(18(22)14-24)27-13-10-17(16-27)29-30-23-9-5-6-20(19(23)15-25)26-11-2-3-12-26/h4-9,17H,2-3,10-16,24-25H2,1H3. The Balaban J connectivity index is 1.42. The molecule has 2 heterocycles. The maximum absolute atomic E-state index is 6.07. The number of nitrogens with zero attached hydrogens (tertiary/aromatic N) is 2. The molecule has 2 aromatic carbocycles. The van der Waals surface area contributed by atoms with Gasteiger partial charge in [-0.15, -0.1) is 0 Å². The van der Waals surface area contributed by atoms with Crippen molar-refractivity contribution >= 4 is 11.4 Å². The van der Waals surface area contributed by atoms with Crippen LogP contribution in [0.2, 0.25) is 0 Å². The molecular formula is C23H32N4O3. The molecule has 0 spiro atoms. The van der Waals surface area contributed by atoms with Gasteiger partial charge in [-0.1, -0.05) is 12.1 Å². The summed E-state index contributed by atoms with van der Waals surface area (Å²) in [6.07, 6.45) is 3.30. The number of methoxy groups -OCH3 is 1. The van der Waals surface area contributed by atoms with Gasteiger partial charge in [-0.3, -0.25) is 0 Å². The largest absolute Gasteiger partial charge is 0.496 e. The molecule has 0 amide bonds. The highest BCUT2D eigenvalue weighted by Gasteiger charge is 2.27. The molecule has 2 aliphatic rings. The van der Waals surface area contributed by atoms with Crippen LogP contribution in [0.15, 0.2) is 36.4 Å². The van der Waals surface area contributed by atoms with Crippen LogP contribution in [0.25, 0.3) is 0 Å². The van der Waals surface area contributed by atoms with Crippen LogP contribution in [0, 0.1) is 0 Å². The molecule has 4 rings (SSSR count). The van der Waals surface area contributed by atoms with Crippen molar-refractivity contribution < 1.29 is 14.5 Å². The Morgan fingerprint density at radius 1 is 0.867 bits per heavy atom. The summed E-state index contributed by atoms with van der Waals surface area (Å²) in [7, 11) is 1.67. The van der Waals surface area contributed by atoms with Gasteiger partial charge in [0.1, 0.15) is 11.9 Å². The van der Waals surface area contributed by atoms with Crippen LogP contribution in [0.3, 0.4) is 0 Å². The first-order chi connectivity index (χ1) is 14.7. The molecule has 1 atom stereocenters. The second-order valence-corrected chi connectivity index (χ2v) is 7.85. The highest BCUT2D eigenvalue weighted by molar-refractivity contribution is 5.61. The van der Waals surface area contributed by atoms with E-state index >= 15 is 0 Å². The number of nitrogens with two attached hydrogens (primary N) is 2. The zero-order valence-corrected chi connectivity index (χ0v) is 17.7. The summed E-state index contributed by atoms with van der Waals surface area (Å²) in [5.41, 5.74) is 16.3. The smallest absolute Gasteiger partial charge is 0.171 e. The van der Waals surface area contributed by atoms with E-state index in [1.807, 2.05) is 24.3 Å². The highest BCUT2D eigenvalue weighted by atomic mass is 17.2. The minimum atomic E-state index is -0.0251. The van der Waals surface area contributed by atoms with Crippen molar-refractivity contribution in [3.8, 4) is 11.5 Å². The third kappa shape index (κ3) is 4.19. The lowest BCUT2D eigenvalue weighted by Gasteiger charge is -2.24. The van der Waals surface area contributed by atoms with Crippen molar-refractivity contribution in [3.05, 3.63) is 47.5 Å². The molecule has 7 nitrogen and oxygen atoms in total. The number of hydrogen-bond acceptors (Lipinski definition) is 7. The van der Waals surface area contributed by atoms with Gasteiger partial charge in [0.2, 0.25) is 0 Å². The van der Waals surface area contributed by atoms with Crippen LogP contribution in [-0.4, -0.2) is 39.4 Å². The van der Waals surface area contributed by atoms with E-state index in [1.54, 1.807) is 7.11 Å². The molecule has 0 radical (unpaired) electrons. The zero-order valence-electron chi connectivity index (χ0n) is 17.7. The van der Waals surface area contributed by atoms with E-state index in [0.29, 0.717) is 18.8 Å². The quantitative estimate of drug-likeness (QED) is 0.509. The fourth-order valence-corrected chi connectivity index (χ4v) is 4.48. The van der Waals surface area contributed by atoms with Crippen molar-refractivity contribution in [3.63, 3.8) is 0 Å². The Hall–Kier alpha value is -2.48. The van der Waals surface area contributed by atoms with Crippen LogP contribution < -0.4 is 30.9 Å². The van der Waals surface area contributed by atoms with Crippen molar-refractivity contribution in [1.29, 1.82) is 0 Å². The molecule has 4 N–H and O–H groups in total. The molecule has 1 unspecified atom stereocenters. The van der Waals surface area contributed by atoms with E-state index < -0.39 is 0 Å². The summed E-state index contributed by atoms with van der Waals surface area (Å²) in [6.45, 7) is 4.61. The molecule has 2 fully saturated rings. The lowest BCUT2D eigenvalue weighted by molar-refractivity contribution is -0.238. The van der Waals surface area contributed by atoms with Crippen LogP contribution in [-0.2, 0) is 18.0 Å². The first kappa shape index (κ1) is 20.8. The Labute approximate surface area is 178 Å². The number of anilines is 2. The third-order valence-corrected chi connectivity index (χ3v) is 6.05. The summed E-state index contributed by atoms with van der Waals surface area (Å²) < 4.78 is 5.47. The van der Waals surface area contributed by atoms with E-state index in [0.717, 1.165) is 60.9 Å². The third-order valence-electron chi connectivity index (χ3n) is 6.05. The molecule has 2 aliphatic heterocycles. The Morgan fingerprint density at radius 3 is 2.17 bits per heavy atom. The molecule has 0 bridgehead atoms. The minimum absolute atomic E-state index is 0.0251. The lowest BCUT2D eigenvalue weighted by atomic mass is 10.1. The Bertz CT molecular complexity index is 854. The second-order valence-electron chi connectivity index (χ2n) is 7.85. The van der Waals surface area contributed by atoms with E-state index in [1.165, 1.54) is 12.8 Å². The number of hydrogen-bond donors (Lipinski definition) is 2. The number of rotatable bonds is 8. The molecule has 162 valence electrons. The fourth-order valence-electron chi connectivity index (χ4n) is 4.48. The molecule has 0 saturated carbocycles. The number of ether oxygens (including phenoxy) is 1. The van der Waals surface area contributed by atoms with Gasteiger partial charge in [0, 0.05) is 61.8 Å². The summed E-state index contributed by atoms with van der Waals surface area (Å²) in [4.78, 5) is 16.3. The van der Waals surface area contributed by atoms with Gasteiger partial charge in [0.25, 0.3) is 0 Å². The monoisotopic (exact) mass is 412 g/mol. The van der Waals surface area contributed by atoms with Gasteiger partial charge < -0.3 is 30.9 Å². The van der Waals surface area contributed by atoms with Gasteiger partial charge in [-0.2, -0.15) is 4.89 Å². The fraction of sp³-hybridized carbons (Fsp3) is 0.478. The van der Waals surface area contributed by atoms with Crippen molar-refractivity contribution in [2.45, 2.75) is 38.5 Å². The van der Waals surface area contributed by atoms with Crippen LogP contribution >= 0.6 is 0 Å². The summed E-state index contributed by atoms with van der Waals surface area (Å²) >= 11 is 0. The highest BCUT2D eigenvalue weighted by Crippen LogP contribution is 2.34. The van der Waals surface area contributed by atoms with Crippen molar-refractivity contribution in [2.24, 2.45) is 11.5 Å². The van der Waals surface area contributed by atoms with Crippen molar-refractivity contribution in [2.75, 3.05) is 43.1 Å².